The number of piperidine rings is 1. The van der Waals surface area contributed by atoms with Crippen LogP contribution >= 0.6 is 22.9 Å². The Labute approximate surface area is 218 Å². The van der Waals surface area contributed by atoms with E-state index in [4.69, 9.17) is 20.9 Å². The van der Waals surface area contributed by atoms with Gasteiger partial charge in [-0.2, -0.15) is 5.10 Å². The maximum absolute atomic E-state index is 13.0. The first kappa shape index (κ1) is 26.3. The smallest absolute Gasteiger partial charge is 0.272 e. The molecule has 4 rings (SSSR count). The third-order valence-electron chi connectivity index (χ3n) is 6.12. The lowest BCUT2D eigenvalue weighted by Crippen LogP contribution is -2.46. The van der Waals surface area contributed by atoms with E-state index in [0.717, 1.165) is 30.8 Å². The number of hydrogen-bond acceptors (Lipinski definition) is 8. The summed E-state index contributed by atoms with van der Waals surface area (Å²) in [6.45, 7) is 7.11. The molecule has 3 aromatic heterocycles. The van der Waals surface area contributed by atoms with Crippen LogP contribution in [0, 0.1) is 0 Å². The maximum Gasteiger partial charge on any atom is 0.272 e. The first-order chi connectivity index (χ1) is 17.3. The van der Waals surface area contributed by atoms with Crippen molar-refractivity contribution < 1.29 is 18.8 Å². The van der Waals surface area contributed by atoms with Crippen LogP contribution in [0.5, 0.6) is 0 Å². The van der Waals surface area contributed by atoms with Gasteiger partial charge >= 0.3 is 0 Å². The van der Waals surface area contributed by atoms with E-state index >= 15 is 0 Å². The quantitative estimate of drug-likeness (QED) is 0.384. The van der Waals surface area contributed by atoms with Gasteiger partial charge in [-0.05, 0) is 38.8 Å². The van der Waals surface area contributed by atoms with Gasteiger partial charge < -0.3 is 24.8 Å². The lowest BCUT2D eigenvalue weighted by Gasteiger charge is -2.34. The predicted molar refractivity (Wildman–Crippen MR) is 138 cm³/mol. The van der Waals surface area contributed by atoms with E-state index in [2.05, 4.69) is 39.6 Å². The number of thiophene rings is 1. The van der Waals surface area contributed by atoms with Crippen LogP contribution in [0.25, 0.3) is 10.6 Å². The number of carbonyl (C=O) groups is 2. The van der Waals surface area contributed by atoms with Crippen molar-refractivity contribution in [2.75, 3.05) is 33.4 Å². The van der Waals surface area contributed by atoms with Crippen LogP contribution in [0.15, 0.2) is 28.8 Å². The molecule has 0 unspecified atom stereocenters. The Morgan fingerprint density at radius 1 is 1.25 bits per heavy atom. The third kappa shape index (κ3) is 6.52. The number of amides is 2. The SMILES string of the molecule is COCCNC(=O)c1cc(C(=O)NC2CCN(C(C)C)CC2)nn1Cc1cc(-c2ccc(Cl)s2)on1. The summed E-state index contributed by atoms with van der Waals surface area (Å²) in [5.74, 6) is -0.0692. The molecule has 2 amide bonds. The van der Waals surface area contributed by atoms with Crippen molar-refractivity contribution in [3.8, 4) is 10.6 Å². The molecule has 0 saturated carbocycles. The number of nitrogens with zero attached hydrogens (tertiary/aromatic N) is 4. The molecule has 4 heterocycles. The average Bonchev–Trinajstić information content (AvgIpc) is 3.60. The van der Waals surface area contributed by atoms with Gasteiger partial charge in [-0.15, -0.1) is 11.3 Å². The van der Waals surface area contributed by atoms with Crippen molar-refractivity contribution in [3.63, 3.8) is 0 Å². The Bertz CT molecular complexity index is 1180. The van der Waals surface area contributed by atoms with Crippen molar-refractivity contribution in [2.24, 2.45) is 0 Å². The van der Waals surface area contributed by atoms with Crippen molar-refractivity contribution in [2.45, 2.75) is 45.3 Å². The molecule has 12 heteroatoms. The van der Waals surface area contributed by atoms with Crippen LogP contribution in [0.1, 0.15) is 53.4 Å². The third-order valence-corrected chi connectivity index (χ3v) is 7.36. The van der Waals surface area contributed by atoms with Crippen molar-refractivity contribution >= 4 is 34.8 Å². The number of carbonyl (C=O) groups excluding carboxylic acids is 2. The summed E-state index contributed by atoms with van der Waals surface area (Å²) in [6.07, 6.45) is 1.76. The van der Waals surface area contributed by atoms with Gasteiger partial charge in [0.2, 0.25) is 0 Å². The van der Waals surface area contributed by atoms with Gasteiger partial charge in [0, 0.05) is 51.0 Å². The number of methoxy groups -OCH3 is 1. The van der Waals surface area contributed by atoms with Gasteiger partial charge in [0.05, 0.1) is 22.4 Å². The Balaban J connectivity index is 1.49. The number of rotatable bonds is 10. The molecule has 0 aromatic carbocycles. The lowest BCUT2D eigenvalue weighted by molar-refractivity contribution is 0.0893. The summed E-state index contributed by atoms with van der Waals surface area (Å²) in [4.78, 5) is 29.1. The zero-order valence-corrected chi connectivity index (χ0v) is 22.2. The summed E-state index contributed by atoms with van der Waals surface area (Å²) in [7, 11) is 1.56. The minimum Gasteiger partial charge on any atom is -0.383 e. The molecule has 1 fully saturated rings. The molecule has 10 nitrogen and oxygen atoms in total. The van der Waals surface area contributed by atoms with Crippen molar-refractivity contribution in [1.29, 1.82) is 0 Å². The Morgan fingerprint density at radius 3 is 2.69 bits per heavy atom. The van der Waals surface area contributed by atoms with E-state index in [0.29, 0.717) is 35.0 Å². The highest BCUT2D eigenvalue weighted by atomic mass is 35.5. The first-order valence-electron chi connectivity index (χ1n) is 11.9. The zero-order chi connectivity index (χ0) is 25.7. The summed E-state index contributed by atoms with van der Waals surface area (Å²) in [5, 5.41) is 14.4. The largest absolute Gasteiger partial charge is 0.383 e. The van der Waals surface area contributed by atoms with Gasteiger partial charge in [0.1, 0.15) is 11.4 Å². The van der Waals surface area contributed by atoms with Gasteiger partial charge in [-0.3, -0.25) is 14.3 Å². The predicted octanol–water partition coefficient (Wildman–Crippen LogP) is 3.28. The molecule has 194 valence electrons. The van der Waals surface area contributed by atoms with Gasteiger partial charge in [0.25, 0.3) is 11.8 Å². The molecule has 0 aliphatic carbocycles. The minimum atomic E-state index is -0.349. The van der Waals surface area contributed by atoms with Crippen LogP contribution in [0.4, 0.5) is 0 Å². The molecular formula is C24H31ClN6O4S. The molecule has 1 aliphatic heterocycles. The summed E-state index contributed by atoms with van der Waals surface area (Å²) >= 11 is 7.41. The van der Waals surface area contributed by atoms with E-state index in [-0.39, 0.29) is 35.8 Å². The number of aromatic nitrogens is 3. The van der Waals surface area contributed by atoms with E-state index in [1.165, 1.54) is 22.1 Å². The molecular weight excluding hydrogens is 504 g/mol. The second-order valence-electron chi connectivity index (χ2n) is 8.98. The maximum atomic E-state index is 13.0. The van der Waals surface area contributed by atoms with E-state index in [1.807, 2.05) is 6.07 Å². The fourth-order valence-electron chi connectivity index (χ4n) is 4.11. The van der Waals surface area contributed by atoms with Crippen LogP contribution in [-0.4, -0.2) is 77.1 Å². The standard InChI is InChI=1S/C24H31ClN6O4S/c1-15(2)30-9-6-16(7-10-30)27-23(32)18-13-19(24(33)26-8-11-34-3)31(28-18)14-17-12-20(35-29-17)21-4-5-22(25)36-21/h4-5,12-13,15-16H,6-11,14H2,1-3H3,(H,26,33)(H,27,32). The minimum absolute atomic E-state index is 0.0762. The molecule has 1 saturated heterocycles. The summed E-state index contributed by atoms with van der Waals surface area (Å²) in [5.41, 5.74) is 1.01. The molecule has 0 spiro atoms. The lowest BCUT2D eigenvalue weighted by atomic mass is 10.0. The molecule has 36 heavy (non-hydrogen) atoms. The fraction of sp³-hybridized carbons (Fsp3) is 0.500. The number of halogens is 1. The van der Waals surface area contributed by atoms with Crippen molar-refractivity contribution in [3.05, 3.63) is 45.7 Å². The summed E-state index contributed by atoms with van der Waals surface area (Å²) < 4.78 is 12.6. The van der Waals surface area contributed by atoms with Crippen LogP contribution in [0.3, 0.4) is 0 Å². The topological polar surface area (TPSA) is 115 Å². The molecule has 0 radical (unpaired) electrons. The molecule has 1 aliphatic rings. The monoisotopic (exact) mass is 534 g/mol. The van der Waals surface area contributed by atoms with E-state index < -0.39 is 0 Å². The van der Waals surface area contributed by atoms with Crippen LogP contribution in [0.2, 0.25) is 4.34 Å². The van der Waals surface area contributed by atoms with E-state index in [9.17, 15) is 9.59 Å². The molecule has 0 atom stereocenters. The van der Waals surface area contributed by atoms with Gasteiger partial charge in [0.15, 0.2) is 11.5 Å². The van der Waals surface area contributed by atoms with E-state index in [1.54, 1.807) is 19.2 Å². The highest BCUT2D eigenvalue weighted by molar-refractivity contribution is 7.19. The highest BCUT2D eigenvalue weighted by Crippen LogP contribution is 2.31. The second kappa shape index (κ2) is 12.0. The number of ether oxygens (including phenoxy) is 1. The average molecular weight is 535 g/mol. The molecule has 0 bridgehead atoms. The molecule has 3 aromatic rings. The normalized spacial score (nSPS) is 14.9. The van der Waals surface area contributed by atoms with Gasteiger partial charge in [-0.25, -0.2) is 0 Å². The van der Waals surface area contributed by atoms with Gasteiger partial charge in [-0.1, -0.05) is 16.8 Å². The number of hydrogen-bond donors (Lipinski definition) is 2. The zero-order valence-electron chi connectivity index (χ0n) is 20.6. The molecule has 2 N–H and O–H groups in total. The Hall–Kier alpha value is -2.73. The Kier molecular flexibility index (Phi) is 8.78. The number of likely N-dealkylation sites (tertiary alicyclic amines) is 1. The highest BCUT2D eigenvalue weighted by Gasteiger charge is 2.25. The Morgan fingerprint density at radius 2 is 2.03 bits per heavy atom. The fourth-order valence-corrected chi connectivity index (χ4v) is 5.10. The van der Waals surface area contributed by atoms with Crippen molar-refractivity contribution in [1.82, 2.24) is 30.5 Å². The summed E-state index contributed by atoms with van der Waals surface area (Å²) in [6, 6.07) is 7.50. The van der Waals surface area contributed by atoms with Crippen LogP contribution < -0.4 is 10.6 Å². The number of nitrogens with one attached hydrogen (secondary N) is 2. The van der Waals surface area contributed by atoms with Crippen LogP contribution in [-0.2, 0) is 11.3 Å². The first-order valence-corrected chi connectivity index (χ1v) is 13.1. The second-order valence-corrected chi connectivity index (χ2v) is 10.7.